The summed E-state index contributed by atoms with van der Waals surface area (Å²) in [6.07, 6.45) is -2.75. The highest BCUT2D eigenvalue weighted by Gasteiger charge is 2.30. The molecule has 0 aliphatic carbocycles. The Morgan fingerprint density at radius 3 is 1.96 bits per heavy atom. The molecule has 3 aromatic rings. The number of nitrogens with two attached hydrogens (primary N) is 1. The number of nitrogens with zero attached hydrogens (tertiary/aromatic N) is 1. The van der Waals surface area contributed by atoms with Crippen molar-refractivity contribution in [2.45, 2.75) is 6.18 Å². The van der Waals surface area contributed by atoms with Crippen molar-refractivity contribution in [2.75, 3.05) is 5.73 Å². The molecule has 0 spiro atoms. The van der Waals surface area contributed by atoms with Gasteiger partial charge in [0.15, 0.2) is 0 Å². The van der Waals surface area contributed by atoms with Gasteiger partial charge in [0, 0.05) is 11.8 Å². The van der Waals surface area contributed by atoms with Crippen LogP contribution in [0.25, 0.3) is 11.1 Å². The summed E-state index contributed by atoms with van der Waals surface area (Å²) in [5.74, 6) is 1.27. The first kappa shape index (κ1) is 15.9. The summed E-state index contributed by atoms with van der Waals surface area (Å²) in [4.78, 5) is 4.03. The monoisotopic (exact) mass is 330 g/mol. The van der Waals surface area contributed by atoms with E-state index >= 15 is 0 Å². The highest BCUT2D eigenvalue weighted by molar-refractivity contribution is 5.73. The molecule has 0 fully saturated rings. The van der Waals surface area contributed by atoms with Crippen molar-refractivity contribution >= 4 is 5.82 Å². The number of ether oxygens (including phenoxy) is 1. The van der Waals surface area contributed by atoms with Gasteiger partial charge in [0.05, 0.1) is 5.56 Å². The maximum absolute atomic E-state index is 12.5. The van der Waals surface area contributed by atoms with Crippen molar-refractivity contribution in [3.63, 3.8) is 0 Å². The van der Waals surface area contributed by atoms with Gasteiger partial charge >= 0.3 is 6.18 Å². The standard InChI is InChI=1S/C18H13F3N2O/c19-18(20,21)13-5-9-15(10-6-13)24-14-7-3-12(4-8-14)16-2-1-11-23-17(16)22/h1-11H,(H2,22,23). The van der Waals surface area contributed by atoms with Gasteiger partial charge in [-0.05, 0) is 54.1 Å². The van der Waals surface area contributed by atoms with E-state index in [9.17, 15) is 13.2 Å². The van der Waals surface area contributed by atoms with Crippen LogP contribution in [0.3, 0.4) is 0 Å². The summed E-state index contributed by atoms with van der Waals surface area (Å²) in [7, 11) is 0. The predicted octanol–water partition coefficient (Wildman–Crippen LogP) is 5.14. The van der Waals surface area contributed by atoms with Crippen LogP contribution in [0, 0.1) is 0 Å². The van der Waals surface area contributed by atoms with Gasteiger partial charge in [0.1, 0.15) is 17.3 Å². The molecule has 1 heterocycles. The lowest BCUT2D eigenvalue weighted by molar-refractivity contribution is -0.137. The summed E-state index contributed by atoms with van der Waals surface area (Å²) >= 11 is 0. The first-order chi connectivity index (χ1) is 11.4. The number of benzene rings is 2. The maximum Gasteiger partial charge on any atom is 0.416 e. The van der Waals surface area contributed by atoms with E-state index in [0.717, 1.165) is 23.3 Å². The van der Waals surface area contributed by atoms with Gasteiger partial charge in [0.25, 0.3) is 0 Å². The largest absolute Gasteiger partial charge is 0.457 e. The van der Waals surface area contributed by atoms with Gasteiger partial charge in [0.2, 0.25) is 0 Å². The van der Waals surface area contributed by atoms with E-state index in [1.807, 2.05) is 18.2 Å². The number of nitrogen functional groups attached to an aromatic ring is 1. The van der Waals surface area contributed by atoms with Crippen molar-refractivity contribution in [1.82, 2.24) is 4.98 Å². The summed E-state index contributed by atoms with van der Waals surface area (Å²) < 4.78 is 43.1. The van der Waals surface area contributed by atoms with E-state index in [4.69, 9.17) is 10.5 Å². The number of halogens is 3. The number of anilines is 1. The van der Waals surface area contributed by atoms with Crippen LogP contribution in [0.15, 0.2) is 66.9 Å². The minimum absolute atomic E-state index is 0.330. The lowest BCUT2D eigenvalue weighted by atomic mass is 10.1. The zero-order valence-corrected chi connectivity index (χ0v) is 12.4. The quantitative estimate of drug-likeness (QED) is 0.723. The summed E-state index contributed by atoms with van der Waals surface area (Å²) in [6, 6.07) is 15.3. The Morgan fingerprint density at radius 1 is 0.833 bits per heavy atom. The number of rotatable bonds is 3. The minimum Gasteiger partial charge on any atom is -0.457 e. The summed E-state index contributed by atoms with van der Waals surface area (Å²) in [6.45, 7) is 0. The Kier molecular flexibility index (Phi) is 4.12. The van der Waals surface area contributed by atoms with Gasteiger partial charge in [-0.2, -0.15) is 13.2 Å². The normalized spacial score (nSPS) is 11.3. The van der Waals surface area contributed by atoms with Crippen molar-refractivity contribution in [3.05, 3.63) is 72.4 Å². The second-order valence-electron chi connectivity index (χ2n) is 5.08. The fourth-order valence-corrected chi connectivity index (χ4v) is 2.21. The number of alkyl halides is 3. The number of hydrogen-bond acceptors (Lipinski definition) is 3. The van der Waals surface area contributed by atoms with E-state index in [-0.39, 0.29) is 0 Å². The first-order valence-corrected chi connectivity index (χ1v) is 7.09. The Hall–Kier alpha value is -3.02. The van der Waals surface area contributed by atoms with Gasteiger partial charge in [-0.25, -0.2) is 4.98 Å². The lowest BCUT2D eigenvalue weighted by Gasteiger charge is -2.10. The molecule has 24 heavy (non-hydrogen) atoms. The highest BCUT2D eigenvalue weighted by Crippen LogP contribution is 2.32. The van der Waals surface area contributed by atoms with Gasteiger partial charge < -0.3 is 10.5 Å². The average molecular weight is 330 g/mol. The van der Waals surface area contributed by atoms with Gasteiger partial charge in [-0.3, -0.25) is 0 Å². The zero-order valence-electron chi connectivity index (χ0n) is 12.4. The topological polar surface area (TPSA) is 48.1 Å². The zero-order chi connectivity index (χ0) is 17.2. The Bertz CT molecular complexity index is 828. The summed E-state index contributed by atoms with van der Waals surface area (Å²) in [5, 5.41) is 0. The van der Waals surface area contributed by atoms with E-state index < -0.39 is 11.7 Å². The van der Waals surface area contributed by atoms with E-state index in [1.54, 1.807) is 24.4 Å². The Labute approximate surface area is 136 Å². The maximum atomic E-state index is 12.5. The smallest absolute Gasteiger partial charge is 0.416 e. The predicted molar refractivity (Wildman–Crippen MR) is 85.6 cm³/mol. The molecule has 0 atom stereocenters. The van der Waals surface area contributed by atoms with Crippen LogP contribution in [0.2, 0.25) is 0 Å². The van der Waals surface area contributed by atoms with E-state index in [2.05, 4.69) is 4.98 Å². The van der Waals surface area contributed by atoms with Crippen LogP contribution in [-0.2, 0) is 6.18 Å². The Balaban J connectivity index is 1.76. The SMILES string of the molecule is Nc1ncccc1-c1ccc(Oc2ccc(C(F)(F)F)cc2)cc1. The fraction of sp³-hybridized carbons (Fsp3) is 0.0556. The molecule has 122 valence electrons. The molecule has 0 amide bonds. The molecule has 0 radical (unpaired) electrons. The minimum atomic E-state index is -4.36. The van der Waals surface area contributed by atoms with E-state index in [1.165, 1.54) is 12.1 Å². The molecule has 0 aliphatic rings. The van der Waals surface area contributed by atoms with Crippen molar-refractivity contribution in [2.24, 2.45) is 0 Å². The third-order valence-corrected chi connectivity index (χ3v) is 3.42. The molecule has 1 aromatic heterocycles. The molecule has 0 bridgehead atoms. The molecular formula is C18H13F3N2O. The fourth-order valence-electron chi connectivity index (χ4n) is 2.21. The van der Waals surface area contributed by atoms with Crippen LogP contribution in [0.1, 0.15) is 5.56 Å². The molecule has 0 unspecified atom stereocenters. The molecule has 6 heteroatoms. The number of hydrogen-bond donors (Lipinski definition) is 1. The second-order valence-corrected chi connectivity index (χ2v) is 5.08. The molecule has 0 aliphatic heterocycles. The average Bonchev–Trinajstić information content (AvgIpc) is 2.56. The van der Waals surface area contributed by atoms with E-state index in [0.29, 0.717) is 17.3 Å². The van der Waals surface area contributed by atoms with Gasteiger partial charge in [-0.1, -0.05) is 12.1 Å². The van der Waals surface area contributed by atoms with Crippen LogP contribution in [0.5, 0.6) is 11.5 Å². The van der Waals surface area contributed by atoms with Crippen molar-refractivity contribution in [1.29, 1.82) is 0 Å². The third kappa shape index (κ3) is 3.48. The number of aromatic nitrogens is 1. The third-order valence-electron chi connectivity index (χ3n) is 3.42. The second kappa shape index (κ2) is 6.23. The highest BCUT2D eigenvalue weighted by atomic mass is 19.4. The molecule has 2 aromatic carbocycles. The molecule has 3 rings (SSSR count). The van der Waals surface area contributed by atoms with Gasteiger partial charge in [-0.15, -0.1) is 0 Å². The molecular weight excluding hydrogens is 317 g/mol. The van der Waals surface area contributed by atoms with Crippen LogP contribution < -0.4 is 10.5 Å². The number of pyridine rings is 1. The molecule has 2 N–H and O–H groups in total. The van der Waals surface area contributed by atoms with Crippen LogP contribution in [0.4, 0.5) is 19.0 Å². The first-order valence-electron chi connectivity index (χ1n) is 7.09. The van der Waals surface area contributed by atoms with Crippen molar-refractivity contribution in [3.8, 4) is 22.6 Å². The summed E-state index contributed by atoms with van der Waals surface area (Å²) in [5.41, 5.74) is 6.80. The lowest BCUT2D eigenvalue weighted by Crippen LogP contribution is -2.03. The molecule has 0 saturated carbocycles. The molecule has 3 nitrogen and oxygen atoms in total. The Morgan fingerprint density at radius 2 is 1.42 bits per heavy atom. The molecule has 0 saturated heterocycles. The van der Waals surface area contributed by atoms with Crippen LogP contribution in [-0.4, -0.2) is 4.98 Å². The van der Waals surface area contributed by atoms with Crippen LogP contribution >= 0.6 is 0 Å². The van der Waals surface area contributed by atoms with Crippen molar-refractivity contribution < 1.29 is 17.9 Å².